The average Bonchev–Trinajstić information content (AvgIpc) is 3.32. The first-order valence-electron chi connectivity index (χ1n) is 14.1. The molecule has 0 amide bonds. The molecule has 0 radical (unpaired) electrons. The topological polar surface area (TPSA) is 18.5 Å². The quantitative estimate of drug-likeness (QED) is 0.442. The molecule has 5 fully saturated rings. The van der Waals surface area contributed by atoms with Gasteiger partial charge in [-0.15, -0.1) is 0 Å². The Balaban J connectivity index is 1.28. The minimum Gasteiger partial charge on any atom is -0.348 e. The van der Waals surface area contributed by atoms with E-state index in [-0.39, 0.29) is 5.79 Å². The fraction of sp³-hybridized carbons (Fsp3) is 1.00. The van der Waals surface area contributed by atoms with Crippen molar-refractivity contribution in [2.75, 3.05) is 13.2 Å². The molecule has 8 atom stereocenters. The van der Waals surface area contributed by atoms with Crippen molar-refractivity contribution in [1.82, 2.24) is 0 Å². The molecule has 0 N–H and O–H groups in total. The molecule has 1 spiro atoms. The summed E-state index contributed by atoms with van der Waals surface area (Å²) in [5.41, 5.74) is 1.15. The van der Waals surface area contributed by atoms with Crippen molar-refractivity contribution < 1.29 is 9.47 Å². The van der Waals surface area contributed by atoms with Gasteiger partial charge >= 0.3 is 0 Å². The van der Waals surface area contributed by atoms with Crippen LogP contribution in [0.2, 0.25) is 0 Å². The van der Waals surface area contributed by atoms with E-state index in [9.17, 15) is 0 Å². The highest BCUT2D eigenvalue weighted by Gasteiger charge is 2.62. The molecule has 5 rings (SSSR count). The lowest BCUT2D eigenvalue weighted by Gasteiger charge is -2.62. The fourth-order valence-electron chi connectivity index (χ4n) is 9.98. The van der Waals surface area contributed by atoms with Crippen LogP contribution < -0.4 is 0 Å². The van der Waals surface area contributed by atoms with E-state index < -0.39 is 0 Å². The SMILES string of the molecule is CC(C)CCCC(C)[C@H]1CCC2C3CC[C@H]4CC5(CC[C@]4(C)C3CC[C@@]21C)OCCO5. The largest absolute Gasteiger partial charge is 0.348 e. The first kappa shape index (κ1) is 22.7. The van der Waals surface area contributed by atoms with E-state index >= 15 is 0 Å². The first-order chi connectivity index (χ1) is 14.8. The molecule has 1 aliphatic heterocycles. The second kappa shape index (κ2) is 8.30. The minimum atomic E-state index is -0.204. The lowest BCUT2D eigenvalue weighted by molar-refractivity contribution is -0.229. The summed E-state index contributed by atoms with van der Waals surface area (Å²) in [5, 5.41) is 0. The van der Waals surface area contributed by atoms with Crippen molar-refractivity contribution in [2.45, 2.75) is 117 Å². The molecule has 31 heavy (non-hydrogen) atoms. The van der Waals surface area contributed by atoms with Gasteiger partial charge in [-0.05, 0) is 97.2 Å². The summed E-state index contributed by atoms with van der Waals surface area (Å²) < 4.78 is 12.3. The predicted octanol–water partition coefficient (Wildman–Crippen LogP) is 7.85. The van der Waals surface area contributed by atoms with E-state index in [0.717, 1.165) is 61.1 Å². The number of fused-ring (bicyclic) bond motifs is 5. The molecule has 5 aliphatic rings. The molecule has 178 valence electrons. The second-order valence-corrected chi connectivity index (χ2v) is 13.5. The highest BCUT2D eigenvalue weighted by Crippen LogP contribution is 2.69. The zero-order valence-corrected chi connectivity index (χ0v) is 21.3. The average molecular weight is 431 g/mol. The second-order valence-electron chi connectivity index (χ2n) is 13.5. The Labute approximate surface area is 192 Å². The lowest BCUT2D eigenvalue weighted by atomic mass is 9.44. The van der Waals surface area contributed by atoms with Gasteiger partial charge in [0.05, 0.1) is 13.2 Å². The van der Waals surface area contributed by atoms with E-state index in [2.05, 4.69) is 34.6 Å². The van der Waals surface area contributed by atoms with E-state index in [4.69, 9.17) is 9.47 Å². The summed E-state index contributed by atoms with van der Waals surface area (Å²) in [6.07, 6.45) is 16.9. The third-order valence-corrected chi connectivity index (χ3v) is 11.7. The summed E-state index contributed by atoms with van der Waals surface area (Å²) in [4.78, 5) is 0. The van der Waals surface area contributed by atoms with Crippen LogP contribution in [0.25, 0.3) is 0 Å². The monoisotopic (exact) mass is 430 g/mol. The van der Waals surface area contributed by atoms with Gasteiger partial charge in [-0.25, -0.2) is 0 Å². The number of hydrogen-bond acceptors (Lipinski definition) is 2. The summed E-state index contributed by atoms with van der Waals surface area (Å²) in [5.74, 6) is 6.32. The summed E-state index contributed by atoms with van der Waals surface area (Å²) >= 11 is 0. The molecule has 4 unspecified atom stereocenters. The van der Waals surface area contributed by atoms with E-state index in [0.29, 0.717) is 10.8 Å². The van der Waals surface area contributed by atoms with Gasteiger partial charge < -0.3 is 9.47 Å². The third kappa shape index (κ3) is 3.74. The van der Waals surface area contributed by atoms with E-state index in [1.165, 1.54) is 70.6 Å². The number of rotatable bonds is 5. The van der Waals surface area contributed by atoms with E-state index in [1.54, 1.807) is 0 Å². The van der Waals surface area contributed by atoms with Crippen LogP contribution in [0.5, 0.6) is 0 Å². The van der Waals surface area contributed by atoms with Crippen LogP contribution in [0.1, 0.15) is 112 Å². The van der Waals surface area contributed by atoms with Crippen molar-refractivity contribution in [1.29, 1.82) is 0 Å². The van der Waals surface area contributed by atoms with Gasteiger partial charge in [0.1, 0.15) is 0 Å². The molecule has 0 aromatic heterocycles. The molecule has 4 saturated carbocycles. The number of ether oxygens (including phenoxy) is 2. The predicted molar refractivity (Wildman–Crippen MR) is 128 cm³/mol. The molecule has 0 bridgehead atoms. The zero-order chi connectivity index (χ0) is 21.9. The summed E-state index contributed by atoms with van der Waals surface area (Å²) in [6.45, 7) is 14.4. The molecular formula is C29H50O2. The molecule has 1 saturated heterocycles. The number of hydrogen-bond donors (Lipinski definition) is 0. The molecule has 1 heterocycles. The van der Waals surface area contributed by atoms with Crippen LogP contribution in [-0.4, -0.2) is 19.0 Å². The van der Waals surface area contributed by atoms with Gasteiger partial charge in [0, 0.05) is 12.8 Å². The normalized spacial score (nSPS) is 47.2. The zero-order valence-electron chi connectivity index (χ0n) is 21.3. The van der Waals surface area contributed by atoms with Crippen molar-refractivity contribution in [3.63, 3.8) is 0 Å². The smallest absolute Gasteiger partial charge is 0.168 e. The van der Waals surface area contributed by atoms with Gasteiger partial charge in [-0.2, -0.15) is 0 Å². The molecule has 0 aromatic carbocycles. The highest BCUT2D eigenvalue weighted by atomic mass is 16.7. The van der Waals surface area contributed by atoms with E-state index in [1.807, 2.05) is 0 Å². The maximum Gasteiger partial charge on any atom is 0.168 e. The summed E-state index contributed by atoms with van der Waals surface area (Å²) in [7, 11) is 0. The van der Waals surface area contributed by atoms with Gasteiger partial charge in [0.15, 0.2) is 5.79 Å². The van der Waals surface area contributed by atoms with Crippen molar-refractivity contribution in [2.24, 2.45) is 52.3 Å². The lowest BCUT2D eigenvalue weighted by Crippen LogP contribution is -2.56. The third-order valence-electron chi connectivity index (χ3n) is 11.7. The Morgan fingerprint density at radius 1 is 0.774 bits per heavy atom. The first-order valence-corrected chi connectivity index (χ1v) is 14.1. The Morgan fingerprint density at radius 2 is 1.52 bits per heavy atom. The summed E-state index contributed by atoms with van der Waals surface area (Å²) in [6, 6.07) is 0. The molecule has 2 heteroatoms. The van der Waals surface area contributed by atoms with Crippen LogP contribution in [0.3, 0.4) is 0 Å². The highest BCUT2D eigenvalue weighted by molar-refractivity contribution is 5.10. The Bertz CT molecular complexity index is 637. The standard InChI is InChI=1S/C29H50O2/c1-20(2)7-6-8-21(3)24-11-12-25-23-10-9-22-19-29(30-17-18-31-29)16-15-27(22,4)26(23)13-14-28(24,25)5/h20-26H,6-19H2,1-5H3/t21?,22-,23?,24+,25?,26?,27-,28+/m0/s1. The Morgan fingerprint density at radius 3 is 2.26 bits per heavy atom. The van der Waals surface area contributed by atoms with Gasteiger partial charge in [-0.3, -0.25) is 0 Å². The van der Waals surface area contributed by atoms with Gasteiger partial charge in [0.2, 0.25) is 0 Å². The Hall–Kier alpha value is -0.0800. The molecule has 0 aromatic rings. The molecular weight excluding hydrogens is 380 g/mol. The molecule has 4 aliphatic carbocycles. The molecule has 2 nitrogen and oxygen atoms in total. The fourth-order valence-corrected chi connectivity index (χ4v) is 9.98. The van der Waals surface area contributed by atoms with Crippen LogP contribution >= 0.6 is 0 Å². The van der Waals surface area contributed by atoms with Crippen molar-refractivity contribution >= 4 is 0 Å². The van der Waals surface area contributed by atoms with Gasteiger partial charge in [-0.1, -0.05) is 53.9 Å². The van der Waals surface area contributed by atoms with Crippen molar-refractivity contribution in [3.05, 3.63) is 0 Å². The van der Waals surface area contributed by atoms with Crippen LogP contribution in [0, 0.1) is 52.3 Å². The maximum absolute atomic E-state index is 6.16. The van der Waals surface area contributed by atoms with Gasteiger partial charge in [0.25, 0.3) is 0 Å². The minimum absolute atomic E-state index is 0.204. The Kier molecular flexibility index (Phi) is 6.08. The van der Waals surface area contributed by atoms with Crippen LogP contribution in [0.4, 0.5) is 0 Å². The van der Waals surface area contributed by atoms with Crippen LogP contribution in [-0.2, 0) is 9.47 Å². The van der Waals surface area contributed by atoms with Crippen molar-refractivity contribution in [3.8, 4) is 0 Å². The maximum atomic E-state index is 6.16. The van der Waals surface area contributed by atoms with Crippen LogP contribution in [0.15, 0.2) is 0 Å².